The third-order valence-electron chi connectivity index (χ3n) is 4.99. The average molecular weight is 479 g/mol. The number of hydrogen-bond acceptors (Lipinski definition) is 6. The predicted molar refractivity (Wildman–Crippen MR) is 124 cm³/mol. The lowest BCUT2D eigenvalue weighted by molar-refractivity contribution is 0.0620. The highest BCUT2D eigenvalue weighted by Crippen LogP contribution is 2.27. The number of nitrogens with one attached hydrogen (secondary N) is 2. The minimum atomic E-state index is -0.846. The van der Waals surface area contributed by atoms with Gasteiger partial charge in [0.05, 0.1) is 29.6 Å². The molecule has 0 atom stereocenters. The van der Waals surface area contributed by atoms with E-state index in [1.54, 1.807) is 32.9 Å². The number of anilines is 2. The van der Waals surface area contributed by atoms with Crippen LogP contribution >= 0.6 is 0 Å². The molecule has 0 aliphatic carbocycles. The molecule has 4 rings (SSSR count). The van der Waals surface area contributed by atoms with E-state index in [-0.39, 0.29) is 34.6 Å². The first-order chi connectivity index (χ1) is 16.5. The second kappa shape index (κ2) is 9.05. The van der Waals surface area contributed by atoms with Gasteiger partial charge in [0.25, 0.3) is 17.7 Å². The molecule has 10 heteroatoms. The Hall–Kier alpha value is -4.47. The summed E-state index contributed by atoms with van der Waals surface area (Å²) < 4.78 is 24.5. The first-order valence-corrected chi connectivity index (χ1v) is 10.7. The molecule has 35 heavy (non-hydrogen) atoms. The highest BCUT2D eigenvalue weighted by atomic mass is 19.1. The third kappa shape index (κ3) is 5.21. The minimum absolute atomic E-state index is 0.0239. The van der Waals surface area contributed by atoms with E-state index in [0.29, 0.717) is 5.76 Å². The van der Waals surface area contributed by atoms with Gasteiger partial charge in [-0.05, 0) is 69.3 Å². The molecule has 9 nitrogen and oxygen atoms in total. The van der Waals surface area contributed by atoms with E-state index < -0.39 is 35.2 Å². The maximum atomic E-state index is 14.2. The van der Waals surface area contributed by atoms with Gasteiger partial charge in [0.2, 0.25) is 0 Å². The van der Waals surface area contributed by atoms with Crippen molar-refractivity contribution < 1.29 is 32.7 Å². The van der Waals surface area contributed by atoms with Crippen molar-refractivity contribution in [1.29, 1.82) is 0 Å². The molecule has 0 radical (unpaired) electrons. The molecule has 0 saturated heterocycles. The van der Waals surface area contributed by atoms with Crippen molar-refractivity contribution in [3.8, 4) is 0 Å². The van der Waals surface area contributed by atoms with E-state index in [2.05, 4.69) is 10.6 Å². The zero-order chi connectivity index (χ0) is 25.3. The predicted octanol–water partition coefficient (Wildman–Crippen LogP) is 4.81. The molecular formula is C25H22FN3O6. The van der Waals surface area contributed by atoms with Crippen molar-refractivity contribution in [2.75, 3.05) is 10.6 Å². The van der Waals surface area contributed by atoms with Crippen LogP contribution in [0, 0.1) is 5.82 Å². The van der Waals surface area contributed by atoms with Gasteiger partial charge in [-0.3, -0.25) is 24.6 Å². The molecule has 2 aromatic carbocycles. The smallest absolute Gasteiger partial charge is 0.412 e. The van der Waals surface area contributed by atoms with Crippen molar-refractivity contribution >= 4 is 35.2 Å². The number of amides is 4. The summed E-state index contributed by atoms with van der Waals surface area (Å²) in [5.74, 6) is -1.88. The number of imide groups is 1. The largest absolute Gasteiger partial charge is 0.467 e. The molecule has 1 aliphatic heterocycles. The first kappa shape index (κ1) is 23.7. The maximum Gasteiger partial charge on any atom is 0.412 e. The Kier molecular flexibility index (Phi) is 6.12. The summed E-state index contributed by atoms with van der Waals surface area (Å²) in [7, 11) is 0. The Morgan fingerprint density at radius 2 is 1.74 bits per heavy atom. The Morgan fingerprint density at radius 1 is 1.00 bits per heavy atom. The summed E-state index contributed by atoms with van der Waals surface area (Å²) in [6.07, 6.45) is 0.598. The fourth-order valence-electron chi connectivity index (χ4n) is 3.45. The van der Waals surface area contributed by atoms with Crippen LogP contribution in [0.4, 0.5) is 20.6 Å². The highest BCUT2D eigenvalue weighted by molar-refractivity contribution is 6.22. The molecule has 0 fully saturated rings. The van der Waals surface area contributed by atoms with Gasteiger partial charge in [-0.2, -0.15) is 0 Å². The van der Waals surface area contributed by atoms with E-state index in [1.807, 2.05) is 0 Å². The van der Waals surface area contributed by atoms with E-state index in [4.69, 9.17) is 9.15 Å². The molecular weight excluding hydrogens is 457 g/mol. The number of furan rings is 1. The number of rotatable bonds is 5. The third-order valence-corrected chi connectivity index (χ3v) is 4.99. The summed E-state index contributed by atoms with van der Waals surface area (Å²) in [6, 6.07) is 11.1. The molecule has 2 heterocycles. The highest BCUT2D eigenvalue weighted by Gasteiger charge is 2.36. The van der Waals surface area contributed by atoms with E-state index in [1.165, 1.54) is 36.6 Å². The van der Waals surface area contributed by atoms with Gasteiger partial charge in [0, 0.05) is 11.3 Å². The molecule has 0 spiro atoms. The SMILES string of the molecule is CC(C)(C)OC(=O)Nc1cc(NC(=O)c2ccc3c(c2)C(=O)N(Cc2ccco2)C3=O)ccc1F. The van der Waals surface area contributed by atoms with E-state index in [9.17, 15) is 23.6 Å². The Labute approximate surface area is 199 Å². The number of carbonyl (C=O) groups excluding carboxylic acids is 4. The Morgan fingerprint density at radius 3 is 2.43 bits per heavy atom. The second-order valence-electron chi connectivity index (χ2n) is 8.81. The van der Waals surface area contributed by atoms with Crippen LogP contribution in [0.3, 0.4) is 0 Å². The van der Waals surface area contributed by atoms with Crippen LogP contribution in [0.15, 0.2) is 59.2 Å². The number of carbonyl (C=O) groups is 4. The lowest BCUT2D eigenvalue weighted by atomic mass is 10.1. The quantitative estimate of drug-likeness (QED) is 0.507. The van der Waals surface area contributed by atoms with Gasteiger partial charge >= 0.3 is 6.09 Å². The molecule has 0 unspecified atom stereocenters. The van der Waals surface area contributed by atoms with Gasteiger partial charge in [-0.15, -0.1) is 0 Å². The van der Waals surface area contributed by atoms with Gasteiger partial charge in [0.1, 0.15) is 17.2 Å². The summed E-state index contributed by atoms with van der Waals surface area (Å²) in [5.41, 5.74) is -0.350. The molecule has 1 aromatic heterocycles. The van der Waals surface area contributed by atoms with Gasteiger partial charge in [0.15, 0.2) is 0 Å². The van der Waals surface area contributed by atoms with Crippen LogP contribution in [-0.4, -0.2) is 34.3 Å². The number of benzene rings is 2. The Balaban J connectivity index is 1.49. The minimum Gasteiger partial charge on any atom is -0.467 e. The van der Waals surface area contributed by atoms with Crippen molar-refractivity contribution in [1.82, 2.24) is 4.90 Å². The normalized spacial score (nSPS) is 13.0. The molecule has 4 amide bonds. The Bertz CT molecular complexity index is 1330. The van der Waals surface area contributed by atoms with Gasteiger partial charge < -0.3 is 14.5 Å². The lowest BCUT2D eigenvalue weighted by Crippen LogP contribution is -2.28. The molecule has 180 valence electrons. The number of fused-ring (bicyclic) bond motifs is 1. The summed E-state index contributed by atoms with van der Waals surface area (Å²) in [6.45, 7) is 4.99. The molecule has 3 aromatic rings. The van der Waals surface area contributed by atoms with Crippen molar-refractivity contribution in [3.05, 3.63) is 83.1 Å². The molecule has 0 saturated carbocycles. The number of halogens is 1. The van der Waals surface area contributed by atoms with Crippen LogP contribution in [-0.2, 0) is 11.3 Å². The van der Waals surface area contributed by atoms with Crippen LogP contribution < -0.4 is 10.6 Å². The topological polar surface area (TPSA) is 118 Å². The average Bonchev–Trinajstić information content (AvgIpc) is 3.37. The zero-order valence-corrected chi connectivity index (χ0v) is 19.2. The van der Waals surface area contributed by atoms with Crippen molar-refractivity contribution in [2.24, 2.45) is 0 Å². The number of hydrogen-bond donors (Lipinski definition) is 2. The van der Waals surface area contributed by atoms with Crippen LogP contribution in [0.2, 0.25) is 0 Å². The lowest BCUT2D eigenvalue weighted by Gasteiger charge is -2.20. The fraction of sp³-hybridized carbons (Fsp3) is 0.200. The molecule has 2 N–H and O–H groups in total. The zero-order valence-electron chi connectivity index (χ0n) is 19.2. The van der Waals surface area contributed by atoms with Crippen LogP contribution in [0.25, 0.3) is 0 Å². The van der Waals surface area contributed by atoms with Gasteiger partial charge in [-0.25, -0.2) is 9.18 Å². The van der Waals surface area contributed by atoms with Crippen molar-refractivity contribution in [2.45, 2.75) is 32.9 Å². The summed E-state index contributed by atoms with van der Waals surface area (Å²) in [4.78, 5) is 51.2. The van der Waals surface area contributed by atoms with Crippen LogP contribution in [0.1, 0.15) is 57.6 Å². The number of nitrogens with zero attached hydrogens (tertiary/aromatic N) is 1. The molecule has 1 aliphatic rings. The summed E-state index contributed by atoms with van der Waals surface area (Å²) in [5, 5.41) is 4.89. The number of ether oxygens (including phenoxy) is 1. The van der Waals surface area contributed by atoms with Gasteiger partial charge in [-0.1, -0.05) is 0 Å². The monoisotopic (exact) mass is 479 g/mol. The van der Waals surface area contributed by atoms with Crippen LogP contribution in [0.5, 0.6) is 0 Å². The first-order valence-electron chi connectivity index (χ1n) is 10.7. The van der Waals surface area contributed by atoms with E-state index >= 15 is 0 Å². The fourth-order valence-corrected chi connectivity index (χ4v) is 3.45. The standard InChI is InChI=1S/C25H22FN3O6/c1-25(2,3)35-24(33)28-20-12-15(7-9-19(20)26)27-21(30)14-6-8-17-18(11-14)23(32)29(22(17)31)13-16-5-4-10-34-16/h4-12H,13H2,1-3H3,(H,27,30)(H,28,33). The van der Waals surface area contributed by atoms with Crippen molar-refractivity contribution in [3.63, 3.8) is 0 Å². The second-order valence-corrected chi connectivity index (χ2v) is 8.81. The maximum absolute atomic E-state index is 14.2. The summed E-state index contributed by atoms with van der Waals surface area (Å²) >= 11 is 0. The molecule has 0 bridgehead atoms. The van der Waals surface area contributed by atoms with E-state index in [0.717, 1.165) is 11.0 Å².